The number of Topliss-reactive ketones (excluding diaryl/α,β-unsaturated/α-hetero) is 2. The van der Waals surface area contributed by atoms with Gasteiger partial charge >= 0.3 is 0 Å². The van der Waals surface area contributed by atoms with Gasteiger partial charge in [-0.15, -0.1) is 0 Å². The number of rotatable bonds is 1. The molecule has 0 spiro atoms. The van der Waals surface area contributed by atoms with E-state index in [0.717, 1.165) is 0 Å². The summed E-state index contributed by atoms with van der Waals surface area (Å²) >= 11 is 11.9. The van der Waals surface area contributed by atoms with Gasteiger partial charge in [-0.05, 0) is 23.8 Å². The number of hydrogen-bond acceptors (Lipinski definition) is 2. The molecule has 0 atom stereocenters. The van der Waals surface area contributed by atoms with Crippen LogP contribution in [0.15, 0.2) is 42.5 Å². The van der Waals surface area contributed by atoms with Gasteiger partial charge in [-0.25, -0.2) is 0 Å². The van der Waals surface area contributed by atoms with Crippen molar-refractivity contribution >= 4 is 34.8 Å². The Labute approximate surface area is 120 Å². The Kier molecular flexibility index (Phi) is 2.92. The maximum absolute atomic E-state index is 12.3. The third-order valence-electron chi connectivity index (χ3n) is 3.20. The van der Waals surface area contributed by atoms with Gasteiger partial charge in [0.25, 0.3) is 0 Å². The Morgan fingerprint density at radius 2 is 1.26 bits per heavy atom. The van der Waals surface area contributed by atoms with E-state index in [1.807, 2.05) is 0 Å². The molecule has 0 radical (unpaired) electrons. The average Bonchev–Trinajstić information content (AvgIpc) is 2.61. The predicted octanol–water partition coefficient (Wildman–Crippen LogP) is 4.16. The maximum Gasteiger partial charge on any atom is 0.178 e. The minimum atomic E-state index is -0.825. The summed E-state index contributed by atoms with van der Waals surface area (Å²) in [4.78, 5) is 24.6. The monoisotopic (exact) mass is 290 g/mol. The Balaban J connectivity index is 2.14. The van der Waals surface area contributed by atoms with Gasteiger partial charge in [0.05, 0.1) is 0 Å². The molecule has 2 aromatic carbocycles. The Morgan fingerprint density at radius 1 is 0.789 bits per heavy atom. The highest BCUT2D eigenvalue weighted by atomic mass is 35.5. The van der Waals surface area contributed by atoms with Crippen LogP contribution in [-0.4, -0.2) is 11.6 Å². The summed E-state index contributed by atoms with van der Waals surface area (Å²) in [5.41, 5.74) is 1.48. The van der Waals surface area contributed by atoms with Crippen LogP contribution < -0.4 is 0 Å². The topological polar surface area (TPSA) is 34.1 Å². The maximum atomic E-state index is 12.3. The zero-order chi connectivity index (χ0) is 13.6. The molecular formula is C15H8Cl2O2. The molecule has 0 unspecified atom stereocenters. The standard InChI is InChI=1S/C15H8Cl2O2/c16-9-5-8(6-10(17)7-9)13-14(18)11-3-1-2-4-12(11)15(13)19/h1-7,13H. The zero-order valence-electron chi connectivity index (χ0n) is 9.69. The van der Waals surface area contributed by atoms with Gasteiger partial charge in [0.15, 0.2) is 11.6 Å². The van der Waals surface area contributed by atoms with Crippen LogP contribution in [0.1, 0.15) is 32.2 Å². The van der Waals surface area contributed by atoms with E-state index < -0.39 is 5.92 Å². The minimum absolute atomic E-state index is 0.195. The summed E-state index contributed by atoms with van der Waals surface area (Å²) < 4.78 is 0. The molecule has 0 bridgehead atoms. The molecule has 2 nitrogen and oxygen atoms in total. The molecule has 94 valence electrons. The van der Waals surface area contributed by atoms with Crippen LogP contribution in [0.4, 0.5) is 0 Å². The first kappa shape index (κ1) is 12.4. The Morgan fingerprint density at radius 3 is 1.74 bits per heavy atom. The fourth-order valence-corrected chi connectivity index (χ4v) is 2.93. The highest BCUT2D eigenvalue weighted by Crippen LogP contribution is 2.35. The fraction of sp³-hybridized carbons (Fsp3) is 0.0667. The molecule has 0 N–H and O–H groups in total. The molecule has 0 saturated carbocycles. The van der Waals surface area contributed by atoms with Crippen LogP contribution in [0.3, 0.4) is 0 Å². The van der Waals surface area contributed by atoms with Gasteiger partial charge in [0.2, 0.25) is 0 Å². The highest BCUT2D eigenvalue weighted by Gasteiger charge is 2.39. The van der Waals surface area contributed by atoms with Crippen LogP contribution in [0, 0.1) is 0 Å². The summed E-state index contributed by atoms with van der Waals surface area (Å²) in [6, 6.07) is 11.6. The van der Waals surface area contributed by atoms with Crippen LogP contribution >= 0.6 is 23.2 Å². The molecule has 0 fully saturated rings. The lowest BCUT2D eigenvalue weighted by atomic mass is 9.94. The predicted molar refractivity (Wildman–Crippen MR) is 74.3 cm³/mol. The van der Waals surface area contributed by atoms with Crippen molar-refractivity contribution < 1.29 is 9.59 Å². The van der Waals surface area contributed by atoms with Crippen molar-refractivity contribution in [3.63, 3.8) is 0 Å². The van der Waals surface area contributed by atoms with E-state index in [-0.39, 0.29) is 11.6 Å². The number of fused-ring (bicyclic) bond motifs is 1. The molecule has 4 heteroatoms. The molecule has 1 aliphatic carbocycles. The summed E-state index contributed by atoms with van der Waals surface area (Å²) in [5.74, 6) is -1.22. The minimum Gasteiger partial charge on any atom is -0.293 e. The van der Waals surface area contributed by atoms with E-state index >= 15 is 0 Å². The molecule has 0 aromatic heterocycles. The average molecular weight is 291 g/mol. The normalized spacial score (nSPS) is 14.8. The van der Waals surface area contributed by atoms with E-state index in [2.05, 4.69) is 0 Å². The van der Waals surface area contributed by atoms with Crippen LogP contribution in [0.5, 0.6) is 0 Å². The third kappa shape index (κ3) is 1.97. The Hall–Kier alpha value is -1.64. The van der Waals surface area contributed by atoms with E-state index in [4.69, 9.17) is 23.2 Å². The molecule has 0 amide bonds. The quantitative estimate of drug-likeness (QED) is 0.739. The van der Waals surface area contributed by atoms with Crippen molar-refractivity contribution in [2.45, 2.75) is 5.92 Å². The molecular weight excluding hydrogens is 283 g/mol. The lowest BCUT2D eigenvalue weighted by Gasteiger charge is -2.08. The summed E-state index contributed by atoms with van der Waals surface area (Å²) in [6.07, 6.45) is 0. The molecule has 19 heavy (non-hydrogen) atoms. The van der Waals surface area contributed by atoms with E-state index in [1.165, 1.54) is 0 Å². The van der Waals surface area contributed by atoms with Crippen LogP contribution in [0.25, 0.3) is 0 Å². The number of benzene rings is 2. The van der Waals surface area contributed by atoms with Crippen molar-refractivity contribution in [1.82, 2.24) is 0 Å². The first-order valence-corrected chi connectivity index (χ1v) is 6.47. The van der Waals surface area contributed by atoms with Crippen LogP contribution in [0.2, 0.25) is 10.0 Å². The van der Waals surface area contributed by atoms with Crippen molar-refractivity contribution in [1.29, 1.82) is 0 Å². The number of halogens is 2. The van der Waals surface area contributed by atoms with E-state index in [9.17, 15) is 9.59 Å². The number of carbonyl (C=O) groups excluding carboxylic acids is 2. The van der Waals surface area contributed by atoms with Crippen molar-refractivity contribution in [3.8, 4) is 0 Å². The first-order valence-electron chi connectivity index (χ1n) is 5.71. The van der Waals surface area contributed by atoms with Gasteiger partial charge in [-0.2, -0.15) is 0 Å². The van der Waals surface area contributed by atoms with Gasteiger partial charge in [-0.3, -0.25) is 9.59 Å². The summed E-state index contributed by atoms with van der Waals surface area (Å²) in [6.45, 7) is 0. The van der Waals surface area contributed by atoms with E-state index in [1.54, 1.807) is 42.5 Å². The second-order valence-corrected chi connectivity index (χ2v) is 5.28. The number of ketones is 2. The fourth-order valence-electron chi connectivity index (χ4n) is 2.39. The van der Waals surface area contributed by atoms with Crippen molar-refractivity contribution in [3.05, 3.63) is 69.2 Å². The summed E-state index contributed by atoms with van der Waals surface area (Å²) in [7, 11) is 0. The van der Waals surface area contributed by atoms with Crippen molar-refractivity contribution in [2.24, 2.45) is 0 Å². The Bertz CT molecular complexity index is 652. The highest BCUT2D eigenvalue weighted by molar-refractivity contribution is 6.35. The van der Waals surface area contributed by atoms with Gasteiger partial charge in [-0.1, -0.05) is 47.5 Å². The lowest BCUT2D eigenvalue weighted by molar-refractivity contribution is 0.0890. The molecule has 1 aliphatic rings. The lowest BCUT2D eigenvalue weighted by Crippen LogP contribution is -2.12. The number of hydrogen-bond donors (Lipinski definition) is 0. The number of carbonyl (C=O) groups is 2. The van der Waals surface area contributed by atoms with E-state index in [0.29, 0.717) is 26.7 Å². The zero-order valence-corrected chi connectivity index (χ0v) is 11.2. The molecule has 0 saturated heterocycles. The molecule has 2 aromatic rings. The second-order valence-electron chi connectivity index (χ2n) is 4.41. The first-order chi connectivity index (χ1) is 9.08. The summed E-state index contributed by atoms with van der Waals surface area (Å²) in [5, 5.41) is 0.832. The van der Waals surface area contributed by atoms with Gasteiger partial charge < -0.3 is 0 Å². The van der Waals surface area contributed by atoms with Gasteiger partial charge in [0.1, 0.15) is 5.92 Å². The van der Waals surface area contributed by atoms with Gasteiger partial charge in [0, 0.05) is 21.2 Å². The SMILES string of the molecule is O=C1c2ccccc2C(=O)C1c1cc(Cl)cc(Cl)c1. The molecule has 0 aliphatic heterocycles. The largest absolute Gasteiger partial charge is 0.293 e. The van der Waals surface area contributed by atoms with Crippen LogP contribution in [-0.2, 0) is 0 Å². The van der Waals surface area contributed by atoms with Crippen molar-refractivity contribution in [2.75, 3.05) is 0 Å². The third-order valence-corrected chi connectivity index (χ3v) is 3.64. The second kappa shape index (κ2) is 4.48. The smallest absolute Gasteiger partial charge is 0.178 e. The molecule has 0 heterocycles. The molecule has 3 rings (SSSR count).